The molecule has 1 N–H and O–H groups in total. The molecule has 25 heavy (non-hydrogen) atoms. The van der Waals surface area contributed by atoms with Gasteiger partial charge in [0.1, 0.15) is 5.82 Å². The van der Waals surface area contributed by atoms with E-state index in [4.69, 9.17) is 21.6 Å². The molecule has 3 aromatic rings. The first-order chi connectivity index (χ1) is 12.2. The summed E-state index contributed by atoms with van der Waals surface area (Å²) in [7, 11) is 0. The molecule has 1 saturated heterocycles. The number of nitrogens with one attached hydrogen (secondary N) is 1. The van der Waals surface area contributed by atoms with E-state index in [1.807, 2.05) is 43.3 Å². The molecule has 128 valence electrons. The Morgan fingerprint density at radius 1 is 0.960 bits per heavy atom. The van der Waals surface area contributed by atoms with E-state index in [2.05, 4.69) is 16.3 Å². The molecular formula is C20H21ClN4. The SMILES string of the molecule is Cc1c(Cl)cccc1Nc1nc(N2CCCCC2)c2ccccc2n1. The van der Waals surface area contributed by atoms with E-state index in [0.717, 1.165) is 46.1 Å². The Labute approximate surface area is 152 Å². The maximum Gasteiger partial charge on any atom is 0.229 e. The van der Waals surface area contributed by atoms with Crippen molar-refractivity contribution in [2.24, 2.45) is 0 Å². The summed E-state index contributed by atoms with van der Waals surface area (Å²) in [5, 5.41) is 5.20. The second kappa shape index (κ2) is 6.89. The van der Waals surface area contributed by atoms with Crippen LogP contribution in [0.15, 0.2) is 42.5 Å². The standard InChI is InChI=1S/C20H21ClN4/c1-14-16(21)9-7-11-17(14)22-20-23-18-10-4-3-8-15(18)19(24-20)25-12-5-2-6-13-25/h3-4,7-11H,2,5-6,12-13H2,1H3,(H,22,23,24). The molecule has 1 aliphatic rings. The number of piperidine rings is 1. The van der Waals surface area contributed by atoms with Crippen LogP contribution < -0.4 is 10.2 Å². The van der Waals surface area contributed by atoms with E-state index < -0.39 is 0 Å². The molecule has 2 heterocycles. The van der Waals surface area contributed by atoms with Crippen LogP contribution >= 0.6 is 11.6 Å². The first-order valence-corrected chi connectivity index (χ1v) is 9.14. The monoisotopic (exact) mass is 352 g/mol. The van der Waals surface area contributed by atoms with Crippen molar-refractivity contribution < 1.29 is 0 Å². The van der Waals surface area contributed by atoms with Gasteiger partial charge in [-0.25, -0.2) is 4.98 Å². The Morgan fingerprint density at radius 3 is 2.60 bits per heavy atom. The average molecular weight is 353 g/mol. The maximum absolute atomic E-state index is 6.24. The summed E-state index contributed by atoms with van der Waals surface area (Å²) >= 11 is 6.24. The number of hydrogen-bond acceptors (Lipinski definition) is 4. The van der Waals surface area contributed by atoms with Gasteiger partial charge in [-0.3, -0.25) is 0 Å². The Balaban J connectivity index is 1.77. The van der Waals surface area contributed by atoms with Crippen LogP contribution in [0.1, 0.15) is 24.8 Å². The van der Waals surface area contributed by atoms with Crippen LogP contribution in [0.2, 0.25) is 5.02 Å². The first-order valence-electron chi connectivity index (χ1n) is 8.76. The van der Waals surface area contributed by atoms with Crippen LogP contribution in [0.4, 0.5) is 17.5 Å². The van der Waals surface area contributed by atoms with Crippen LogP contribution in [0.5, 0.6) is 0 Å². The molecule has 1 aromatic heterocycles. The van der Waals surface area contributed by atoms with Crippen molar-refractivity contribution in [3.63, 3.8) is 0 Å². The quantitative estimate of drug-likeness (QED) is 0.692. The number of nitrogens with zero attached hydrogens (tertiary/aromatic N) is 3. The molecule has 0 unspecified atom stereocenters. The Kier molecular flexibility index (Phi) is 4.45. The van der Waals surface area contributed by atoms with Crippen LogP contribution in [0.3, 0.4) is 0 Å². The van der Waals surface area contributed by atoms with Crippen molar-refractivity contribution in [3.05, 3.63) is 53.1 Å². The molecular weight excluding hydrogens is 332 g/mol. The average Bonchev–Trinajstić information content (AvgIpc) is 2.65. The van der Waals surface area contributed by atoms with Crippen molar-refractivity contribution in [1.29, 1.82) is 0 Å². The van der Waals surface area contributed by atoms with Gasteiger partial charge in [0.05, 0.1) is 5.52 Å². The highest BCUT2D eigenvalue weighted by Gasteiger charge is 2.17. The van der Waals surface area contributed by atoms with Crippen molar-refractivity contribution in [2.75, 3.05) is 23.3 Å². The van der Waals surface area contributed by atoms with Crippen LogP contribution in [-0.2, 0) is 0 Å². The number of benzene rings is 2. The Bertz CT molecular complexity index is 903. The van der Waals surface area contributed by atoms with Crippen LogP contribution in [-0.4, -0.2) is 23.1 Å². The van der Waals surface area contributed by atoms with E-state index >= 15 is 0 Å². The summed E-state index contributed by atoms with van der Waals surface area (Å²) in [4.78, 5) is 11.9. The molecule has 4 rings (SSSR count). The second-order valence-electron chi connectivity index (χ2n) is 6.47. The highest BCUT2D eigenvalue weighted by molar-refractivity contribution is 6.31. The lowest BCUT2D eigenvalue weighted by atomic mass is 10.1. The van der Waals surface area contributed by atoms with Gasteiger partial charge in [0.25, 0.3) is 0 Å². The van der Waals surface area contributed by atoms with Gasteiger partial charge in [0.15, 0.2) is 0 Å². The fourth-order valence-corrected chi connectivity index (χ4v) is 3.50. The zero-order valence-corrected chi connectivity index (χ0v) is 15.1. The van der Waals surface area contributed by atoms with E-state index in [-0.39, 0.29) is 0 Å². The topological polar surface area (TPSA) is 41.1 Å². The van der Waals surface area contributed by atoms with Crippen molar-refractivity contribution in [2.45, 2.75) is 26.2 Å². The van der Waals surface area contributed by atoms with Crippen molar-refractivity contribution in [3.8, 4) is 0 Å². The molecule has 4 nitrogen and oxygen atoms in total. The summed E-state index contributed by atoms with van der Waals surface area (Å²) in [6.07, 6.45) is 3.73. The Morgan fingerprint density at radius 2 is 1.76 bits per heavy atom. The third-order valence-corrected chi connectivity index (χ3v) is 5.16. The largest absolute Gasteiger partial charge is 0.356 e. The molecule has 0 radical (unpaired) electrons. The number of halogens is 1. The smallest absolute Gasteiger partial charge is 0.229 e. The maximum atomic E-state index is 6.24. The molecule has 0 amide bonds. The highest BCUT2D eigenvalue weighted by atomic mass is 35.5. The number of para-hydroxylation sites is 1. The van der Waals surface area contributed by atoms with Gasteiger partial charge < -0.3 is 10.2 Å². The van der Waals surface area contributed by atoms with Gasteiger partial charge >= 0.3 is 0 Å². The van der Waals surface area contributed by atoms with E-state index in [9.17, 15) is 0 Å². The van der Waals surface area contributed by atoms with Crippen molar-refractivity contribution in [1.82, 2.24) is 9.97 Å². The van der Waals surface area contributed by atoms with E-state index in [0.29, 0.717) is 5.95 Å². The molecule has 2 aromatic carbocycles. The molecule has 0 aliphatic carbocycles. The van der Waals surface area contributed by atoms with Gasteiger partial charge in [-0.05, 0) is 56.0 Å². The number of anilines is 3. The van der Waals surface area contributed by atoms with Gasteiger partial charge in [0, 0.05) is 29.2 Å². The molecule has 5 heteroatoms. The lowest BCUT2D eigenvalue weighted by Crippen LogP contribution is -2.30. The molecule has 0 bridgehead atoms. The summed E-state index contributed by atoms with van der Waals surface area (Å²) in [5.41, 5.74) is 2.90. The lowest BCUT2D eigenvalue weighted by Gasteiger charge is -2.29. The minimum atomic E-state index is 0.615. The predicted molar refractivity (Wildman–Crippen MR) is 105 cm³/mol. The van der Waals surface area contributed by atoms with Gasteiger partial charge in [-0.1, -0.05) is 29.8 Å². The van der Waals surface area contributed by atoms with Crippen LogP contribution in [0, 0.1) is 6.92 Å². The van der Waals surface area contributed by atoms with Crippen molar-refractivity contribution >= 4 is 40.0 Å². The molecule has 0 saturated carbocycles. The normalized spacial score (nSPS) is 14.7. The minimum Gasteiger partial charge on any atom is -0.356 e. The molecule has 1 aliphatic heterocycles. The van der Waals surface area contributed by atoms with E-state index in [1.165, 1.54) is 19.3 Å². The van der Waals surface area contributed by atoms with Gasteiger partial charge in [0.2, 0.25) is 5.95 Å². The summed E-state index contributed by atoms with van der Waals surface area (Å²) in [5.74, 6) is 1.64. The van der Waals surface area contributed by atoms with Gasteiger partial charge in [-0.2, -0.15) is 4.98 Å². The lowest BCUT2D eigenvalue weighted by molar-refractivity contribution is 0.575. The second-order valence-corrected chi connectivity index (χ2v) is 6.88. The number of aromatic nitrogens is 2. The Hall–Kier alpha value is -2.33. The fourth-order valence-electron chi connectivity index (χ4n) is 3.33. The molecule has 0 atom stereocenters. The zero-order chi connectivity index (χ0) is 17.2. The first kappa shape index (κ1) is 16.2. The number of hydrogen-bond donors (Lipinski definition) is 1. The molecule has 0 spiro atoms. The summed E-state index contributed by atoms with van der Waals surface area (Å²) in [6, 6.07) is 14.0. The van der Waals surface area contributed by atoms with Crippen LogP contribution in [0.25, 0.3) is 10.9 Å². The summed E-state index contributed by atoms with van der Waals surface area (Å²) < 4.78 is 0. The number of rotatable bonds is 3. The third kappa shape index (κ3) is 3.27. The van der Waals surface area contributed by atoms with E-state index in [1.54, 1.807) is 0 Å². The van der Waals surface area contributed by atoms with Gasteiger partial charge in [-0.15, -0.1) is 0 Å². The highest BCUT2D eigenvalue weighted by Crippen LogP contribution is 2.30. The minimum absolute atomic E-state index is 0.615. The summed E-state index contributed by atoms with van der Waals surface area (Å²) in [6.45, 7) is 4.10. The third-order valence-electron chi connectivity index (χ3n) is 4.75. The zero-order valence-electron chi connectivity index (χ0n) is 14.3. The predicted octanol–water partition coefficient (Wildman–Crippen LogP) is 5.33. The molecule has 1 fully saturated rings. The number of fused-ring (bicyclic) bond motifs is 1. The fraction of sp³-hybridized carbons (Fsp3) is 0.300.